The quantitative estimate of drug-likeness (QED) is 0.557. The number of hydrogen-bond donors (Lipinski definition) is 1. The molecule has 1 aromatic carbocycles. The Morgan fingerprint density at radius 2 is 1.84 bits per heavy atom. The summed E-state index contributed by atoms with van der Waals surface area (Å²) in [5, 5.41) is 0. The minimum absolute atomic E-state index is 0.420. The first-order valence-electron chi connectivity index (χ1n) is 6.84. The Bertz CT molecular complexity index is 378. The average Bonchev–Trinajstić information content (AvgIpc) is 2.41. The van der Waals surface area contributed by atoms with Crippen molar-refractivity contribution in [3.63, 3.8) is 0 Å². The van der Waals surface area contributed by atoms with Crippen molar-refractivity contribution in [1.29, 1.82) is 0 Å². The lowest BCUT2D eigenvalue weighted by Gasteiger charge is -2.16. The number of ether oxygens (including phenoxy) is 1. The Hall–Kier alpha value is -1.13. The van der Waals surface area contributed by atoms with E-state index in [0.29, 0.717) is 4.99 Å². The van der Waals surface area contributed by atoms with Crippen molar-refractivity contribution >= 4 is 17.2 Å². The third-order valence-electron chi connectivity index (χ3n) is 2.99. The van der Waals surface area contributed by atoms with E-state index in [1.807, 2.05) is 24.3 Å². The van der Waals surface area contributed by atoms with Gasteiger partial charge in [0, 0.05) is 12.1 Å². The van der Waals surface area contributed by atoms with Gasteiger partial charge < -0.3 is 15.4 Å². The molecule has 0 spiro atoms. The van der Waals surface area contributed by atoms with Crippen LogP contribution in [0.15, 0.2) is 24.3 Å². The smallest absolute Gasteiger partial charge is 0.119 e. The van der Waals surface area contributed by atoms with E-state index < -0.39 is 0 Å². The number of nitrogens with zero attached hydrogens (tertiary/aromatic N) is 1. The van der Waals surface area contributed by atoms with Crippen molar-refractivity contribution in [3.8, 4) is 5.75 Å². The third-order valence-corrected chi connectivity index (χ3v) is 3.22. The van der Waals surface area contributed by atoms with Crippen LogP contribution < -0.4 is 10.5 Å². The minimum Gasteiger partial charge on any atom is -0.494 e. The Kier molecular flexibility index (Phi) is 7.45. The monoisotopic (exact) mass is 280 g/mol. The number of rotatable bonds is 9. The molecule has 0 aliphatic heterocycles. The molecule has 106 valence electrons. The summed E-state index contributed by atoms with van der Waals surface area (Å²) in [4.78, 5) is 2.77. The fourth-order valence-electron chi connectivity index (χ4n) is 1.78. The summed E-state index contributed by atoms with van der Waals surface area (Å²) >= 11 is 4.91. The van der Waals surface area contributed by atoms with Crippen LogP contribution in [0.3, 0.4) is 0 Å². The van der Waals surface area contributed by atoms with Crippen LogP contribution in [-0.2, 0) is 0 Å². The molecule has 0 aliphatic carbocycles. The van der Waals surface area contributed by atoms with Crippen molar-refractivity contribution in [3.05, 3.63) is 29.8 Å². The van der Waals surface area contributed by atoms with E-state index in [1.54, 1.807) is 0 Å². The molecule has 19 heavy (non-hydrogen) atoms. The topological polar surface area (TPSA) is 38.5 Å². The first-order chi connectivity index (χ1) is 9.13. The molecule has 1 aromatic rings. The summed E-state index contributed by atoms with van der Waals surface area (Å²) in [6, 6.07) is 7.61. The lowest BCUT2D eigenvalue weighted by Crippen LogP contribution is -2.22. The molecule has 0 unspecified atom stereocenters. The fourth-order valence-corrected chi connectivity index (χ4v) is 1.92. The molecule has 2 N–H and O–H groups in total. The second-order valence-electron chi connectivity index (χ2n) is 4.75. The van der Waals surface area contributed by atoms with Gasteiger partial charge in [0.15, 0.2) is 0 Å². The molecule has 0 fully saturated rings. The van der Waals surface area contributed by atoms with Crippen molar-refractivity contribution in [1.82, 2.24) is 4.90 Å². The molecular formula is C15H24N2OS. The Balaban J connectivity index is 2.20. The van der Waals surface area contributed by atoms with Gasteiger partial charge in [-0.15, -0.1) is 0 Å². The zero-order valence-corrected chi connectivity index (χ0v) is 12.7. The fraction of sp³-hybridized carbons (Fsp3) is 0.533. The first-order valence-corrected chi connectivity index (χ1v) is 7.25. The van der Waals surface area contributed by atoms with Crippen molar-refractivity contribution < 1.29 is 4.74 Å². The first kappa shape index (κ1) is 15.9. The van der Waals surface area contributed by atoms with Gasteiger partial charge in [-0.1, -0.05) is 25.6 Å². The highest BCUT2D eigenvalue weighted by Crippen LogP contribution is 2.12. The van der Waals surface area contributed by atoms with Gasteiger partial charge in [0.25, 0.3) is 0 Å². The van der Waals surface area contributed by atoms with E-state index in [9.17, 15) is 0 Å². The number of benzene rings is 1. The summed E-state index contributed by atoms with van der Waals surface area (Å²) in [5.74, 6) is 0.871. The SMILES string of the molecule is CCCCN(C)CCCOc1ccc(C(N)=S)cc1. The van der Waals surface area contributed by atoms with E-state index in [2.05, 4.69) is 18.9 Å². The Labute approximate surface area is 121 Å². The maximum Gasteiger partial charge on any atom is 0.119 e. The lowest BCUT2D eigenvalue weighted by molar-refractivity contribution is 0.261. The predicted molar refractivity (Wildman–Crippen MR) is 84.8 cm³/mol. The molecule has 0 heterocycles. The molecule has 1 rings (SSSR count). The van der Waals surface area contributed by atoms with Gasteiger partial charge in [-0.2, -0.15) is 0 Å². The van der Waals surface area contributed by atoms with Crippen molar-refractivity contribution in [2.24, 2.45) is 5.73 Å². The maximum atomic E-state index is 5.68. The molecule has 0 saturated heterocycles. The Morgan fingerprint density at radius 3 is 2.42 bits per heavy atom. The molecule has 3 nitrogen and oxygen atoms in total. The highest BCUT2D eigenvalue weighted by atomic mass is 32.1. The number of thiocarbonyl (C=S) groups is 1. The molecule has 0 saturated carbocycles. The molecule has 0 aromatic heterocycles. The highest BCUT2D eigenvalue weighted by molar-refractivity contribution is 7.80. The average molecular weight is 280 g/mol. The molecule has 0 radical (unpaired) electrons. The van der Waals surface area contributed by atoms with E-state index >= 15 is 0 Å². The van der Waals surface area contributed by atoms with Crippen LogP contribution >= 0.6 is 12.2 Å². The zero-order valence-electron chi connectivity index (χ0n) is 11.9. The Morgan fingerprint density at radius 1 is 1.21 bits per heavy atom. The van der Waals surface area contributed by atoms with Crippen molar-refractivity contribution in [2.75, 3.05) is 26.7 Å². The molecule has 0 atom stereocenters. The second-order valence-corrected chi connectivity index (χ2v) is 5.19. The van der Waals surface area contributed by atoms with Crippen LogP contribution in [0, 0.1) is 0 Å². The number of hydrogen-bond acceptors (Lipinski definition) is 3. The molecular weight excluding hydrogens is 256 g/mol. The standard InChI is InChI=1S/C15H24N2OS/c1-3-4-10-17(2)11-5-12-18-14-8-6-13(7-9-14)15(16)19/h6-9H,3-5,10-12H2,1-2H3,(H2,16,19). The van der Waals surface area contributed by atoms with E-state index in [0.717, 1.165) is 30.9 Å². The van der Waals surface area contributed by atoms with Crippen LogP contribution in [0.25, 0.3) is 0 Å². The molecule has 4 heteroatoms. The van der Waals surface area contributed by atoms with Gasteiger partial charge in [-0.05, 0) is 50.7 Å². The third kappa shape index (κ3) is 6.55. The van der Waals surface area contributed by atoms with Crippen LogP contribution in [0.1, 0.15) is 31.7 Å². The summed E-state index contributed by atoms with van der Waals surface area (Å²) < 4.78 is 5.68. The normalized spacial score (nSPS) is 10.7. The second kappa shape index (κ2) is 8.88. The van der Waals surface area contributed by atoms with Crippen molar-refractivity contribution in [2.45, 2.75) is 26.2 Å². The maximum absolute atomic E-state index is 5.68. The summed E-state index contributed by atoms with van der Waals surface area (Å²) in [6.07, 6.45) is 3.55. The van der Waals surface area contributed by atoms with Crippen LogP contribution in [0.2, 0.25) is 0 Å². The van der Waals surface area contributed by atoms with E-state index in [-0.39, 0.29) is 0 Å². The van der Waals surface area contributed by atoms with Gasteiger partial charge in [-0.3, -0.25) is 0 Å². The van der Waals surface area contributed by atoms with Gasteiger partial charge >= 0.3 is 0 Å². The predicted octanol–water partition coefficient (Wildman–Crippen LogP) is 2.82. The van der Waals surface area contributed by atoms with E-state index in [4.69, 9.17) is 22.7 Å². The molecule has 0 amide bonds. The van der Waals surface area contributed by atoms with Gasteiger partial charge in [-0.25, -0.2) is 0 Å². The van der Waals surface area contributed by atoms with Crippen LogP contribution in [-0.4, -0.2) is 36.6 Å². The number of nitrogens with two attached hydrogens (primary N) is 1. The highest BCUT2D eigenvalue weighted by Gasteiger charge is 1.99. The largest absolute Gasteiger partial charge is 0.494 e. The lowest BCUT2D eigenvalue weighted by atomic mass is 10.2. The summed E-state index contributed by atoms with van der Waals surface area (Å²) in [6.45, 7) is 5.20. The number of unbranched alkanes of at least 4 members (excludes halogenated alkanes) is 1. The van der Waals surface area contributed by atoms with Crippen LogP contribution in [0.4, 0.5) is 0 Å². The van der Waals surface area contributed by atoms with Crippen LogP contribution in [0.5, 0.6) is 5.75 Å². The minimum atomic E-state index is 0.420. The summed E-state index contributed by atoms with van der Waals surface area (Å²) in [5.41, 5.74) is 6.42. The van der Waals surface area contributed by atoms with Gasteiger partial charge in [0.05, 0.1) is 6.61 Å². The summed E-state index contributed by atoms with van der Waals surface area (Å²) in [7, 11) is 2.16. The molecule has 0 aliphatic rings. The van der Waals surface area contributed by atoms with Gasteiger partial charge in [0.2, 0.25) is 0 Å². The van der Waals surface area contributed by atoms with Gasteiger partial charge in [0.1, 0.15) is 10.7 Å². The zero-order chi connectivity index (χ0) is 14.1. The van der Waals surface area contributed by atoms with E-state index in [1.165, 1.54) is 19.4 Å². The molecule has 0 bridgehead atoms.